The zero-order chi connectivity index (χ0) is 26.2. The molecular formula is C29H30N2O4S2. The minimum Gasteiger partial charge on any atom is -0.262 e. The highest BCUT2D eigenvalue weighted by atomic mass is 32.2. The topological polar surface area (TPSA) is 74.8 Å². The lowest BCUT2D eigenvalue weighted by Gasteiger charge is -2.33. The van der Waals surface area contributed by atoms with Crippen LogP contribution in [0.25, 0.3) is 0 Å². The molecule has 0 bridgehead atoms. The van der Waals surface area contributed by atoms with Gasteiger partial charge in [-0.05, 0) is 55.7 Å². The summed E-state index contributed by atoms with van der Waals surface area (Å²) in [4.78, 5) is 0.496. The SMILES string of the molecule is Cc1ccc(S(=O)(=O)N2CCC3=CN(S(=O)(=O)c4ccc(C)cc4)[C@@H](c4ccccc4)C=C[C@H]3C2)cc1. The Labute approximate surface area is 219 Å². The summed E-state index contributed by atoms with van der Waals surface area (Å²) in [5, 5.41) is 0. The van der Waals surface area contributed by atoms with Gasteiger partial charge in [0.15, 0.2) is 0 Å². The fraction of sp³-hybridized carbons (Fsp3) is 0.241. The number of fused-ring (bicyclic) bond motifs is 1. The molecule has 0 amide bonds. The van der Waals surface area contributed by atoms with Crippen LogP contribution in [0.4, 0.5) is 0 Å². The van der Waals surface area contributed by atoms with E-state index in [1.54, 1.807) is 54.7 Å². The Bertz CT molecular complexity index is 1540. The maximum Gasteiger partial charge on any atom is 0.264 e. The number of rotatable bonds is 5. The van der Waals surface area contributed by atoms with E-state index < -0.39 is 26.1 Å². The van der Waals surface area contributed by atoms with Crippen LogP contribution in [0, 0.1) is 19.8 Å². The van der Waals surface area contributed by atoms with E-state index in [1.165, 1.54) is 8.61 Å². The highest BCUT2D eigenvalue weighted by Crippen LogP contribution is 2.37. The molecule has 1 fully saturated rings. The van der Waals surface area contributed by atoms with E-state index in [0.717, 1.165) is 22.3 Å². The molecule has 0 radical (unpaired) electrons. The van der Waals surface area contributed by atoms with E-state index >= 15 is 0 Å². The molecule has 1 saturated heterocycles. The van der Waals surface area contributed by atoms with Crippen LogP contribution >= 0.6 is 0 Å². The summed E-state index contributed by atoms with van der Waals surface area (Å²) in [6.45, 7) is 4.40. The Morgan fingerprint density at radius 1 is 0.703 bits per heavy atom. The maximum absolute atomic E-state index is 13.9. The van der Waals surface area contributed by atoms with Crippen molar-refractivity contribution >= 4 is 20.0 Å². The normalized spacial score (nSPS) is 20.7. The van der Waals surface area contributed by atoms with Gasteiger partial charge < -0.3 is 0 Å². The second kappa shape index (κ2) is 9.93. The average Bonchev–Trinajstić information content (AvgIpc) is 3.10. The molecule has 2 heterocycles. The molecule has 0 aromatic heterocycles. The Balaban J connectivity index is 1.53. The Hall–Kier alpha value is -3.20. The number of sulfonamides is 2. The summed E-state index contributed by atoms with van der Waals surface area (Å²) in [7, 11) is -7.52. The van der Waals surface area contributed by atoms with Gasteiger partial charge >= 0.3 is 0 Å². The van der Waals surface area contributed by atoms with Gasteiger partial charge in [0.1, 0.15) is 0 Å². The lowest BCUT2D eigenvalue weighted by molar-refractivity contribution is 0.349. The summed E-state index contributed by atoms with van der Waals surface area (Å²) in [6.07, 6.45) is 6.02. The van der Waals surface area contributed by atoms with Gasteiger partial charge in [-0.3, -0.25) is 4.31 Å². The molecule has 0 aliphatic carbocycles. The minimum absolute atomic E-state index is 0.224. The second-order valence-electron chi connectivity index (χ2n) is 9.63. The first-order valence-corrected chi connectivity index (χ1v) is 15.2. The van der Waals surface area contributed by atoms with Crippen LogP contribution in [-0.2, 0) is 20.0 Å². The Kier molecular flexibility index (Phi) is 6.83. The predicted octanol–water partition coefficient (Wildman–Crippen LogP) is 5.20. The van der Waals surface area contributed by atoms with Gasteiger partial charge in [0.05, 0.1) is 15.8 Å². The van der Waals surface area contributed by atoms with Crippen LogP contribution in [0.1, 0.15) is 29.2 Å². The third-order valence-corrected chi connectivity index (χ3v) is 10.7. The second-order valence-corrected chi connectivity index (χ2v) is 13.4. The number of nitrogens with zero attached hydrogens (tertiary/aromatic N) is 2. The lowest BCUT2D eigenvalue weighted by atomic mass is 9.93. The molecule has 2 aliphatic heterocycles. The van der Waals surface area contributed by atoms with Crippen LogP contribution in [0.5, 0.6) is 0 Å². The summed E-state index contributed by atoms with van der Waals surface area (Å²) in [5.74, 6) is -0.224. The first-order valence-electron chi connectivity index (χ1n) is 12.3. The van der Waals surface area contributed by atoms with Crippen molar-refractivity contribution in [3.05, 3.63) is 119 Å². The van der Waals surface area contributed by atoms with Crippen molar-refractivity contribution in [3.8, 4) is 0 Å². The van der Waals surface area contributed by atoms with Gasteiger partial charge in [-0.25, -0.2) is 16.8 Å². The summed E-state index contributed by atoms with van der Waals surface area (Å²) in [5.41, 5.74) is 3.72. The van der Waals surface area contributed by atoms with Gasteiger partial charge in [0.25, 0.3) is 10.0 Å². The van der Waals surface area contributed by atoms with Crippen LogP contribution in [0.15, 0.2) is 113 Å². The quantitative estimate of drug-likeness (QED) is 0.422. The molecule has 0 saturated carbocycles. The van der Waals surface area contributed by atoms with Crippen LogP contribution in [-0.4, -0.2) is 38.5 Å². The van der Waals surface area contributed by atoms with E-state index in [4.69, 9.17) is 0 Å². The molecule has 37 heavy (non-hydrogen) atoms. The number of hydrogen-bond acceptors (Lipinski definition) is 4. The lowest BCUT2D eigenvalue weighted by Crippen LogP contribution is -2.40. The zero-order valence-electron chi connectivity index (χ0n) is 20.9. The molecule has 0 spiro atoms. The molecule has 6 nitrogen and oxygen atoms in total. The van der Waals surface area contributed by atoms with E-state index in [1.807, 2.05) is 56.3 Å². The van der Waals surface area contributed by atoms with Crippen molar-refractivity contribution in [2.24, 2.45) is 5.92 Å². The summed E-state index contributed by atoms with van der Waals surface area (Å²) >= 11 is 0. The van der Waals surface area contributed by atoms with Crippen molar-refractivity contribution < 1.29 is 16.8 Å². The third kappa shape index (κ3) is 5.01. The maximum atomic E-state index is 13.9. The van der Waals surface area contributed by atoms with Crippen molar-refractivity contribution in [1.82, 2.24) is 8.61 Å². The standard InChI is InChI=1S/C29H30N2O4S2/c1-22-8-13-27(14-9-22)36(32,33)30-19-18-26-21-31(37(34,35)28-15-10-23(2)11-16-28)29(17-12-25(26)20-30)24-6-4-3-5-7-24/h3-17,21,25,29H,18-20H2,1-2H3/t25-,29+/m0/s1. The third-order valence-electron chi connectivity index (χ3n) is 7.02. The van der Waals surface area contributed by atoms with E-state index in [-0.39, 0.29) is 22.3 Å². The first-order chi connectivity index (χ1) is 17.7. The summed E-state index contributed by atoms with van der Waals surface area (Å²) < 4.78 is 57.4. The average molecular weight is 535 g/mol. The molecule has 5 rings (SSSR count). The van der Waals surface area contributed by atoms with Crippen LogP contribution < -0.4 is 0 Å². The van der Waals surface area contributed by atoms with Crippen molar-refractivity contribution in [1.29, 1.82) is 0 Å². The van der Waals surface area contributed by atoms with E-state index in [0.29, 0.717) is 13.0 Å². The molecule has 192 valence electrons. The molecule has 3 aromatic carbocycles. The molecular weight excluding hydrogens is 504 g/mol. The fourth-order valence-corrected chi connectivity index (χ4v) is 7.77. The van der Waals surface area contributed by atoms with Crippen molar-refractivity contribution in [3.63, 3.8) is 0 Å². The van der Waals surface area contributed by atoms with Gasteiger partial charge in [-0.15, -0.1) is 0 Å². The van der Waals surface area contributed by atoms with Gasteiger partial charge in [0, 0.05) is 25.2 Å². The zero-order valence-corrected chi connectivity index (χ0v) is 22.5. The molecule has 2 atom stereocenters. The molecule has 0 unspecified atom stereocenters. The Morgan fingerprint density at radius 2 is 1.27 bits per heavy atom. The number of hydrogen-bond donors (Lipinski definition) is 0. The molecule has 3 aromatic rings. The van der Waals surface area contributed by atoms with E-state index in [9.17, 15) is 16.8 Å². The van der Waals surface area contributed by atoms with Crippen molar-refractivity contribution in [2.45, 2.75) is 36.1 Å². The number of aryl methyl sites for hydroxylation is 2. The fourth-order valence-electron chi connectivity index (χ4n) is 4.82. The van der Waals surface area contributed by atoms with Gasteiger partial charge in [-0.2, -0.15) is 4.31 Å². The molecule has 2 aliphatic rings. The minimum atomic E-state index is -3.87. The highest BCUT2D eigenvalue weighted by molar-refractivity contribution is 7.89. The largest absolute Gasteiger partial charge is 0.264 e. The smallest absolute Gasteiger partial charge is 0.262 e. The van der Waals surface area contributed by atoms with E-state index in [2.05, 4.69) is 0 Å². The summed E-state index contributed by atoms with van der Waals surface area (Å²) in [6, 6.07) is 22.7. The monoisotopic (exact) mass is 534 g/mol. The Morgan fingerprint density at radius 3 is 1.86 bits per heavy atom. The molecule has 8 heteroatoms. The van der Waals surface area contributed by atoms with Crippen LogP contribution in [0.3, 0.4) is 0 Å². The van der Waals surface area contributed by atoms with Gasteiger partial charge in [-0.1, -0.05) is 77.9 Å². The van der Waals surface area contributed by atoms with Crippen molar-refractivity contribution in [2.75, 3.05) is 13.1 Å². The first kappa shape index (κ1) is 25.4. The molecule has 0 N–H and O–H groups in total. The predicted molar refractivity (Wildman–Crippen MR) is 145 cm³/mol. The number of piperidine rings is 1. The van der Waals surface area contributed by atoms with Crippen LogP contribution in [0.2, 0.25) is 0 Å². The number of benzene rings is 3. The highest BCUT2D eigenvalue weighted by Gasteiger charge is 2.36. The van der Waals surface area contributed by atoms with Gasteiger partial charge in [0.2, 0.25) is 10.0 Å².